The first-order valence-electron chi connectivity index (χ1n) is 11.9. The van der Waals surface area contributed by atoms with E-state index in [-0.39, 0.29) is 11.4 Å². The number of methoxy groups -OCH3 is 1. The maximum absolute atomic E-state index is 13.7. The van der Waals surface area contributed by atoms with Crippen molar-refractivity contribution >= 4 is 11.8 Å². The summed E-state index contributed by atoms with van der Waals surface area (Å²) in [4.78, 5) is 25.3. The van der Waals surface area contributed by atoms with Crippen LogP contribution in [0, 0.1) is 46.3 Å². The van der Waals surface area contributed by atoms with E-state index in [9.17, 15) is 9.59 Å². The number of carbonyl (C=O) groups excluding carboxylic acids is 2. The van der Waals surface area contributed by atoms with Gasteiger partial charge in [0.15, 0.2) is 0 Å². The van der Waals surface area contributed by atoms with Gasteiger partial charge in [-0.1, -0.05) is 33.6 Å². The van der Waals surface area contributed by atoms with Crippen LogP contribution in [0.15, 0.2) is 0 Å². The predicted octanol–water partition coefficient (Wildman–Crippen LogP) is 5.80. The molecule has 3 heteroatoms. The van der Waals surface area contributed by atoms with E-state index < -0.39 is 0 Å². The van der Waals surface area contributed by atoms with Crippen molar-refractivity contribution in [1.82, 2.24) is 0 Å². The van der Waals surface area contributed by atoms with Crippen molar-refractivity contribution in [2.24, 2.45) is 46.3 Å². The number of fused-ring (bicyclic) bond motifs is 5. The van der Waals surface area contributed by atoms with Gasteiger partial charge in [0.2, 0.25) is 0 Å². The fourth-order valence-corrected chi connectivity index (χ4v) is 8.59. The van der Waals surface area contributed by atoms with Crippen molar-refractivity contribution in [2.75, 3.05) is 7.11 Å². The second-order valence-corrected chi connectivity index (χ2v) is 11.1. The van der Waals surface area contributed by atoms with E-state index in [1.165, 1.54) is 58.5 Å². The molecule has 4 rings (SSSR count). The summed E-state index contributed by atoms with van der Waals surface area (Å²) in [6.45, 7) is 7.10. The fourth-order valence-electron chi connectivity index (χ4n) is 8.59. The number of carbonyl (C=O) groups is 2. The Hall–Kier alpha value is -0.860. The molecule has 0 amide bonds. The van der Waals surface area contributed by atoms with Crippen LogP contribution >= 0.6 is 0 Å². The predicted molar refractivity (Wildman–Crippen MR) is 111 cm³/mol. The van der Waals surface area contributed by atoms with Crippen molar-refractivity contribution in [3.63, 3.8) is 0 Å². The van der Waals surface area contributed by atoms with Crippen molar-refractivity contribution < 1.29 is 14.3 Å². The van der Waals surface area contributed by atoms with Crippen LogP contribution in [0.25, 0.3) is 0 Å². The maximum Gasteiger partial charge on any atom is 0.305 e. The molecule has 3 nitrogen and oxygen atoms in total. The normalized spacial score (nSPS) is 46.3. The molecule has 28 heavy (non-hydrogen) atoms. The SMILES string of the molecule is COC(=O)CC[C@H](C)[C@H]1CC[C@@H]2[C@H]3CC[C@@H]4CCCC[C@]4(C)[C@H]3CC(=O)[C@@]21C. The van der Waals surface area contributed by atoms with Crippen LogP contribution < -0.4 is 0 Å². The van der Waals surface area contributed by atoms with E-state index in [0.717, 1.165) is 24.7 Å². The number of esters is 1. The summed E-state index contributed by atoms with van der Waals surface area (Å²) in [6, 6.07) is 0. The van der Waals surface area contributed by atoms with Gasteiger partial charge in [-0.25, -0.2) is 0 Å². The van der Waals surface area contributed by atoms with Crippen molar-refractivity contribution in [3.8, 4) is 0 Å². The minimum atomic E-state index is -0.158. The van der Waals surface area contributed by atoms with Crippen LogP contribution in [0.4, 0.5) is 0 Å². The van der Waals surface area contributed by atoms with Crippen LogP contribution in [0.5, 0.6) is 0 Å². The van der Waals surface area contributed by atoms with E-state index in [0.29, 0.717) is 41.3 Å². The molecule has 0 aromatic rings. The van der Waals surface area contributed by atoms with Crippen molar-refractivity contribution in [1.29, 1.82) is 0 Å². The molecule has 4 fully saturated rings. The molecular formula is C25H40O3. The molecule has 0 aromatic heterocycles. The highest BCUT2D eigenvalue weighted by Crippen LogP contribution is 2.67. The average Bonchev–Trinajstić information content (AvgIpc) is 3.05. The Bertz CT molecular complexity index is 627. The minimum absolute atomic E-state index is 0.120. The van der Waals surface area contributed by atoms with Gasteiger partial charge in [-0.2, -0.15) is 0 Å². The summed E-state index contributed by atoms with van der Waals surface area (Å²) in [5.41, 5.74) is 0.251. The number of hydrogen-bond donors (Lipinski definition) is 0. The number of Topliss-reactive ketones (excluding diaryl/α,β-unsaturated/α-hetero) is 1. The Morgan fingerprint density at radius 2 is 1.89 bits per heavy atom. The largest absolute Gasteiger partial charge is 0.469 e. The molecule has 0 heterocycles. The number of ketones is 1. The first kappa shape index (κ1) is 20.4. The quantitative estimate of drug-likeness (QED) is 0.571. The summed E-state index contributed by atoms with van der Waals surface area (Å²) in [6.07, 6.45) is 12.8. The van der Waals surface area contributed by atoms with Crippen LogP contribution in [0.2, 0.25) is 0 Å². The third-order valence-corrected chi connectivity index (χ3v) is 10.2. The molecular weight excluding hydrogens is 348 g/mol. The molecule has 0 radical (unpaired) electrons. The molecule has 8 atom stereocenters. The highest BCUT2D eigenvalue weighted by molar-refractivity contribution is 5.87. The molecule has 0 saturated heterocycles. The second kappa shape index (κ2) is 7.43. The monoisotopic (exact) mass is 388 g/mol. The van der Waals surface area contributed by atoms with Crippen LogP contribution in [0.1, 0.15) is 91.4 Å². The number of ether oxygens (including phenoxy) is 1. The van der Waals surface area contributed by atoms with E-state index >= 15 is 0 Å². The Labute approximate surface area is 171 Å². The maximum atomic E-state index is 13.7. The van der Waals surface area contributed by atoms with Gasteiger partial charge in [0.1, 0.15) is 5.78 Å². The smallest absolute Gasteiger partial charge is 0.305 e. The van der Waals surface area contributed by atoms with Crippen LogP contribution in [-0.2, 0) is 14.3 Å². The van der Waals surface area contributed by atoms with Gasteiger partial charge < -0.3 is 4.74 Å². The van der Waals surface area contributed by atoms with Gasteiger partial charge in [-0.05, 0) is 85.9 Å². The van der Waals surface area contributed by atoms with Crippen LogP contribution in [-0.4, -0.2) is 18.9 Å². The topological polar surface area (TPSA) is 43.4 Å². The Balaban J connectivity index is 1.55. The lowest BCUT2D eigenvalue weighted by Gasteiger charge is -2.60. The molecule has 158 valence electrons. The summed E-state index contributed by atoms with van der Waals surface area (Å²) in [5.74, 6) is 4.09. The molecule has 4 aliphatic rings. The fraction of sp³-hybridized carbons (Fsp3) is 0.920. The highest BCUT2D eigenvalue weighted by atomic mass is 16.5. The van der Waals surface area contributed by atoms with Gasteiger partial charge in [-0.15, -0.1) is 0 Å². The summed E-state index contributed by atoms with van der Waals surface area (Å²) < 4.78 is 4.84. The Morgan fingerprint density at radius 1 is 1.11 bits per heavy atom. The van der Waals surface area contributed by atoms with E-state index in [1.807, 2.05) is 0 Å². The molecule has 0 aromatic carbocycles. The zero-order valence-corrected chi connectivity index (χ0v) is 18.5. The van der Waals surface area contributed by atoms with E-state index in [1.54, 1.807) is 0 Å². The molecule has 4 aliphatic carbocycles. The average molecular weight is 389 g/mol. The third kappa shape index (κ3) is 2.98. The van der Waals surface area contributed by atoms with Gasteiger partial charge in [-0.3, -0.25) is 9.59 Å². The number of hydrogen-bond acceptors (Lipinski definition) is 3. The van der Waals surface area contributed by atoms with Crippen molar-refractivity contribution in [2.45, 2.75) is 91.4 Å². The number of rotatable bonds is 4. The lowest BCUT2D eigenvalue weighted by molar-refractivity contribution is -0.157. The molecule has 0 spiro atoms. The summed E-state index contributed by atoms with van der Waals surface area (Å²) in [5, 5.41) is 0. The van der Waals surface area contributed by atoms with Gasteiger partial charge >= 0.3 is 5.97 Å². The van der Waals surface area contributed by atoms with Gasteiger partial charge in [0.25, 0.3) is 0 Å². The molecule has 0 unspecified atom stereocenters. The second-order valence-electron chi connectivity index (χ2n) is 11.1. The summed E-state index contributed by atoms with van der Waals surface area (Å²) in [7, 11) is 1.47. The molecule has 0 bridgehead atoms. The lowest BCUT2D eigenvalue weighted by atomic mass is 9.44. The molecule has 0 aliphatic heterocycles. The Morgan fingerprint density at radius 3 is 2.64 bits per heavy atom. The van der Waals surface area contributed by atoms with E-state index in [2.05, 4.69) is 20.8 Å². The van der Waals surface area contributed by atoms with Crippen molar-refractivity contribution in [3.05, 3.63) is 0 Å². The first-order chi connectivity index (χ1) is 13.3. The lowest BCUT2D eigenvalue weighted by Crippen LogP contribution is -2.56. The molecule has 0 N–H and O–H groups in total. The molecule has 4 saturated carbocycles. The zero-order chi connectivity index (χ0) is 20.1. The standard InChI is InChI=1S/C25H40O3/c1-16(8-13-23(27)28-4)19-11-12-20-18-10-9-17-7-5-6-14-24(17,2)21(18)15-22(26)25(19,20)3/h16-21H,5-15H2,1-4H3/t16-,17-,18+,19+,20+,21-,24-,25+/m0/s1. The zero-order valence-electron chi connectivity index (χ0n) is 18.5. The highest BCUT2D eigenvalue weighted by Gasteiger charge is 2.63. The van der Waals surface area contributed by atoms with Crippen LogP contribution in [0.3, 0.4) is 0 Å². The first-order valence-corrected chi connectivity index (χ1v) is 11.9. The van der Waals surface area contributed by atoms with Gasteiger partial charge in [0.05, 0.1) is 7.11 Å². The Kier molecular flexibility index (Phi) is 5.42. The third-order valence-electron chi connectivity index (χ3n) is 10.2. The van der Waals surface area contributed by atoms with E-state index in [4.69, 9.17) is 4.74 Å². The summed E-state index contributed by atoms with van der Waals surface area (Å²) >= 11 is 0. The van der Waals surface area contributed by atoms with Gasteiger partial charge in [0, 0.05) is 18.3 Å². The minimum Gasteiger partial charge on any atom is -0.469 e.